The van der Waals surface area contributed by atoms with Crippen molar-refractivity contribution in [1.82, 2.24) is 10.6 Å². The number of nitrogens with one attached hydrogen (secondary N) is 2. The Balaban J connectivity index is 1.70. The molecule has 126 valence electrons. The summed E-state index contributed by atoms with van der Waals surface area (Å²) in [6.45, 7) is 4.08. The number of amides is 2. The summed E-state index contributed by atoms with van der Waals surface area (Å²) in [6, 6.07) is 7.35. The molecule has 1 aromatic rings. The lowest BCUT2D eigenvalue weighted by Crippen LogP contribution is -2.45. The fourth-order valence-electron chi connectivity index (χ4n) is 2.72. The van der Waals surface area contributed by atoms with Crippen LogP contribution in [0.2, 0.25) is 0 Å². The third kappa shape index (κ3) is 5.93. The van der Waals surface area contributed by atoms with E-state index in [-0.39, 0.29) is 18.6 Å². The first-order chi connectivity index (χ1) is 11.0. The predicted molar refractivity (Wildman–Crippen MR) is 89.6 cm³/mol. The molecule has 5 heteroatoms. The first-order valence-electron chi connectivity index (χ1n) is 8.39. The molecule has 0 aromatic heterocycles. The lowest BCUT2D eigenvalue weighted by Gasteiger charge is -2.22. The van der Waals surface area contributed by atoms with Gasteiger partial charge in [0.05, 0.1) is 0 Å². The van der Waals surface area contributed by atoms with E-state index in [2.05, 4.69) is 24.5 Å². The largest absolute Gasteiger partial charge is 0.425 e. The van der Waals surface area contributed by atoms with Crippen LogP contribution in [0.5, 0.6) is 5.75 Å². The Hall–Kier alpha value is -2.04. The summed E-state index contributed by atoms with van der Waals surface area (Å²) in [5.74, 6) is 0.458. The van der Waals surface area contributed by atoms with Gasteiger partial charge >= 0.3 is 12.0 Å². The Morgan fingerprint density at radius 3 is 2.39 bits per heavy atom. The highest BCUT2D eigenvalue weighted by Crippen LogP contribution is 2.19. The van der Waals surface area contributed by atoms with Crippen molar-refractivity contribution in [1.29, 1.82) is 0 Å². The van der Waals surface area contributed by atoms with Gasteiger partial charge in [0, 0.05) is 6.04 Å². The van der Waals surface area contributed by atoms with E-state index < -0.39 is 5.97 Å². The lowest BCUT2D eigenvalue weighted by atomic mass is 9.96. The number of ether oxygens (including phenoxy) is 1. The smallest absolute Gasteiger partial charge is 0.330 e. The van der Waals surface area contributed by atoms with Gasteiger partial charge in [-0.2, -0.15) is 0 Å². The van der Waals surface area contributed by atoms with Crippen molar-refractivity contribution >= 4 is 12.0 Å². The first-order valence-corrected chi connectivity index (χ1v) is 8.39. The van der Waals surface area contributed by atoms with Crippen LogP contribution in [0.15, 0.2) is 24.3 Å². The van der Waals surface area contributed by atoms with Crippen LogP contribution in [0.1, 0.15) is 57.4 Å². The summed E-state index contributed by atoms with van der Waals surface area (Å²) in [6.07, 6.45) is 5.57. The number of benzene rings is 1. The highest BCUT2D eigenvalue weighted by Gasteiger charge is 2.16. The van der Waals surface area contributed by atoms with Gasteiger partial charge in [0.25, 0.3) is 0 Å². The third-order valence-electron chi connectivity index (χ3n) is 4.11. The molecule has 0 aliphatic heterocycles. The van der Waals surface area contributed by atoms with Crippen molar-refractivity contribution in [2.24, 2.45) is 0 Å². The number of esters is 1. The van der Waals surface area contributed by atoms with Crippen molar-refractivity contribution in [3.63, 3.8) is 0 Å². The van der Waals surface area contributed by atoms with Crippen LogP contribution in [0.4, 0.5) is 4.79 Å². The minimum atomic E-state index is -0.471. The molecule has 0 bridgehead atoms. The van der Waals surface area contributed by atoms with Gasteiger partial charge in [0.1, 0.15) is 12.3 Å². The van der Waals surface area contributed by atoms with E-state index in [0.29, 0.717) is 11.7 Å². The number of hydrogen-bond acceptors (Lipinski definition) is 3. The van der Waals surface area contributed by atoms with E-state index in [9.17, 15) is 9.59 Å². The van der Waals surface area contributed by atoms with Crippen LogP contribution >= 0.6 is 0 Å². The van der Waals surface area contributed by atoms with E-state index in [1.807, 2.05) is 12.1 Å². The van der Waals surface area contributed by atoms with Crippen molar-refractivity contribution in [2.75, 3.05) is 6.54 Å². The Labute approximate surface area is 137 Å². The van der Waals surface area contributed by atoms with E-state index in [0.717, 1.165) is 25.7 Å². The van der Waals surface area contributed by atoms with Crippen molar-refractivity contribution in [3.8, 4) is 5.75 Å². The minimum Gasteiger partial charge on any atom is -0.425 e. The lowest BCUT2D eigenvalue weighted by molar-refractivity contribution is -0.133. The first kappa shape index (κ1) is 17.3. The van der Waals surface area contributed by atoms with Gasteiger partial charge in [-0.25, -0.2) is 9.59 Å². The van der Waals surface area contributed by atoms with Crippen LogP contribution in [-0.4, -0.2) is 24.6 Å². The van der Waals surface area contributed by atoms with E-state index in [1.165, 1.54) is 12.0 Å². The second-order valence-corrected chi connectivity index (χ2v) is 6.36. The molecule has 2 amide bonds. The molecule has 0 saturated heterocycles. The van der Waals surface area contributed by atoms with Gasteiger partial charge in [0.2, 0.25) is 0 Å². The van der Waals surface area contributed by atoms with E-state index in [4.69, 9.17) is 4.74 Å². The SMILES string of the molecule is CC(C)c1ccc(OC(=O)CNC(=O)NC2CCCCC2)cc1. The van der Waals surface area contributed by atoms with Crippen LogP contribution in [0, 0.1) is 0 Å². The average molecular weight is 318 g/mol. The molecular weight excluding hydrogens is 292 g/mol. The standard InChI is InChI=1S/C18H26N2O3/c1-13(2)14-8-10-16(11-9-14)23-17(21)12-19-18(22)20-15-6-4-3-5-7-15/h8-11,13,15H,3-7,12H2,1-2H3,(H2,19,20,22). The topological polar surface area (TPSA) is 67.4 Å². The highest BCUT2D eigenvalue weighted by molar-refractivity contribution is 5.82. The maximum atomic E-state index is 11.8. The second kappa shape index (κ2) is 8.56. The fourth-order valence-corrected chi connectivity index (χ4v) is 2.72. The molecule has 1 aromatic carbocycles. The van der Waals surface area contributed by atoms with Crippen LogP contribution < -0.4 is 15.4 Å². The van der Waals surface area contributed by atoms with Gasteiger partial charge in [-0.15, -0.1) is 0 Å². The molecule has 0 unspecified atom stereocenters. The van der Waals surface area contributed by atoms with Crippen molar-refractivity contribution in [2.45, 2.75) is 57.9 Å². The molecule has 2 rings (SSSR count). The summed E-state index contributed by atoms with van der Waals surface area (Å²) in [5, 5.41) is 5.46. The Kier molecular flexibility index (Phi) is 6.44. The molecule has 0 heterocycles. The maximum absolute atomic E-state index is 11.8. The fraction of sp³-hybridized carbons (Fsp3) is 0.556. The summed E-state index contributed by atoms with van der Waals surface area (Å²) in [7, 11) is 0. The van der Waals surface area contributed by atoms with Gasteiger partial charge in [-0.05, 0) is 36.5 Å². The van der Waals surface area contributed by atoms with Crippen molar-refractivity contribution < 1.29 is 14.3 Å². The quantitative estimate of drug-likeness (QED) is 0.646. The molecule has 5 nitrogen and oxygen atoms in total. The molecule has 1 aliphatic rings. The van der Waals surface area contributed by atoms with E-state index >= 15 is 0 Å². The minimum absolute atomic E-state index is 0.134. The zero-order chi connectivity index (χ0) is 16.7. The third-order valence-corrected chi connectivity index (χ3v) is 4.11. The van der Waals surface area contributed by atoms with Crippen molar-refractivity contribution in [3.05, 3.63) is 29.8 Å². The average Bonchev–Trinajstić information content (AvgIpc) is 2.54. The number of rotatable bonds is 5. The van der Waals surface area contributed by atoms with Gasteiger partial charge in [-0.1, -0.05) is 45.2 Å². The van der Waals surface area contributed by atoms with Crippen LogP contribution in [0.25, 0.3) is 0 Å². The summed E-state index contributed by atoms with van der Waals surface area (Å²) >= 11 is 0. The van der Waals surface area contributed by atoms with Gasteiger partial charge in [0.15, 0.2) is 0 Å². The molecular formula is C18H26N2O3. The van der Waals surface area contributed by atoms with Gasteiger partial charge < -0.3 is 15.4 Å². The highest BCUT2D eigenvalue weighted by atomic mass is 16.5. The Morgan fingerprint density at radius 2 is 1.78 bits per heavy atom. The molecule has 0 atom stereocenters. The van der Waals surface area contributed by atoms with E-state index in [1.54, 1.807) is 12.1 Å². The van der Waals surface area contributed by atoms with Crippen LogP contribution in [-0.2, 0) is 4.79 Å². The molecule has 23 heavy (non-hydrogen) atoms. The number of carbonyl (C=O) groups excluding carboxylic acids is 2. The molecule has 1 aliphatic carbocycles. The number of urea groups is 1. The molecule has 2 N–H and O–H groups in total. The normalized spacial score (nSPS) is 15.3. The molecule has 0 spiro atoms. The Bertz CT molecular complexity index is 520. The summed E-state index contributed by atoms with van der Waals surface area (Å²) in [5.41, 5.74) is 1.19. The number of hydrogen-bond donors (Lipinski definition) is 2. The zero-order valence-electron chi connectivity index (χ0n) is 13.9. The predicted octanol–water partition coefficient (Wildman–Crippen LogP) is 3.35. The summed E-state index contributed by atoms with van der Waals surface area (Å²) < 4.78 is 5.21. The maximum Gasteiger partial charge on any atom is 0.330 e. The molecule has 0 radical (unpaired) electrons. The molecule has 1 saturated carbocycles. The zero-order valence-corrected chi connectivity index (χ0v) is 13.9. The molecule has 1 fully saturated rings. The number of carbonyl (C=O) groups is 2. The summed E-state index contributed by atoms with van der Waals surface area (Å²) in [4.78, 5) is 23.5. The second-order valence-electron chi connectivity index (χ2n) is 6.36. The monoisotopic (exact) mass is 318 g/mol. The van der Waals surface area contributed by atoms with Crippen LogP contribution in [0.3, 0.4) is 0 Å². The Morgan fingerprint density at radius 1 is 1.13 bits per heavy atom. The van der Waals surface area contributed by atoms with Gasteiger partial charge in [-0.3, -0.25) is 0 Å².